The summed E-state index contributed by atoms with van der Waals surface area (Å²) in [7, 11) is 0. The number of anilines is 1. The Bertz CT molecular complexity index is 990. The summed E-state index contributed by atoms with van der Waals surface area (Å²) in [4.78, 5) is 8.19. The number of benzene rings is 3. The van der Waals surface area contributed by atoms with Gasteiger partial charge >= 0.3 is 0 Å². The molecule has 0 fully saturated rings. The first-order valence-electron chi connectivity index (χ1n) is 10.3. The van der Waals surface area contributed by atoms with Crippen LogP contribution >= 0.6 is 0 Å². The van der Waals surface area contributed by atoms with Crippen LogP contribution in [0.3, 0.4) is 0 Å². The number of aromatic nitrogens is 2. The SMILES string of the molecule is c1ccc2c(c1)CCCN2.c1ccc2cnccc2c1.c1ccc2ncccc2c1. The van der Waals surface area contributed by atoms with Crippen LogP contribution in [0.5, 0.6) is 0 Å². The summed E-state index contributed by atoms with van der Waals surface area (Å²) in [5, 5.41) is 7.01. The third kappa shape index (κ3) is 5.21. The predicted octanol–water partition coefficient (Wildman–Crippen LogP) is 6.51. The van der Waals surface area contributed by atoms with Crippen LogP contribution in [0.15, 0.2) is 110 Å². The van der Waals surface area contributed by atoms with Crippen molar-refractivity contribution >= 4 is 27.4 Å². The highest BCUT2D eigenvalue weighted by Crippen LogP contribution is 2.20. The van der Waals surface area contributed by atoms with E-state index in [2.05, 4.69) is 63.8 Å². The van der Waals surface area contributed by atoms with Gasteiger partial charge in [-0.25, -0.2) is 0 Å². The van der Waals surface area contributed by atoms with E-state index >= 15 is 0 Å². The number of hydrogen-bond donors (Lipinski definition) is 1. The minimum atomic E-state index is 1.06. The van der Waals surface area contributed by atoms with Crippen molar-refractivity contribution < 1.29 is 0 Å². The number of hydrogen-bond acceptors (Lipinski definition) is 3. The molecule has 0 atom stereocenters. The molecule has 0 unspecified atom stereocenters. The molecule has 6 rings (SSSR count). The lowest BCUT2D eigenvalue weighted by Crippen LogP contribution is -2.10. The summed E-state index contributed by atoms with van der Waals surface area (Å²) in [5.41, 5.74) is 3.85. The van der Waals surface area contributed by atoms with Gasteiger partial charge in [0.2, 0.25) is 0 Å². The third-order valence-corrected chi connectivity index (χ3v) is 5.02. The lowest BCUT2D eigenvalue weighted by molar-refractivity contribution is 0.830. The Kier molecular flexibility index (Phi) is 6.64. The molecule has 1 N–H and O–H groups in total. The van der Waals surface area contributed by atoms with Gasteiger partial charge < -0.3 is 5.32 Å². The normalized spacial score (nSPS) is 11.9. The molecular weight excluding hydrogens is 366 g/mol. The zero-order valence-electron chi connectivity index (χ0n) is 16.9. The zero-order valence-corrected chi connectivity index (χ0v) is 16.9. The minimum absolute atomic E-state index is 1.06. The van der Waals surface area contributed by atoms with Crippen LogP contribution in [-0.4, -0.2) is 16.5 Å². The Hall–Kier alpha value is -3.72. The van der Waals surface area contributed by atoms with Crippen LogP contribution in [0.25, 0.3) is 21.7 Å². The molecule has 0 spiro atoms. The molecule has 3 nitrogen and oxygen atoms in total. The van der Waals surface area contributed by atoms with E-state index in [0.717, 1.165) is 12.1 Å². The number of pyridine rings is 2. The number of para-hydroxylation sites is 2. The molecule has 1 aliphatic heterocycles. The van der Waals surface area contributed by atoms with Gasteiger partial charge in [0.25, 0.3) is 0 Å². The number of nitrogens with one attached hydrogen (secondary N) is 1. The van der Waals surface area contributed by atoms with E-state index in [0.29, 0.717) is 0 Å². The maximum Gasteiger partial charge on any atom is 0.0701 e. The Balaban J connectivity index is 0.000000109. The average Bonchev–Trinajstić information content (AvgIpc) is 2.85. The molecule has 3 aromatic carbocycles. The van der Waals surface area contributed by atoms with Crippen LogP contribution < -0.4 is 5.32 Å². The van der Waals surface area contributed by atoms with Gasteiger partial charge in [0.15, 0.2) is 0 Å². The molecule has 3 heterocycles. The van der Waals surface area contributed by atoms with Gasteiger partial charge in [0.05, 0.1) is 5.52 Å². The molecule has 148 valence electrons. The Morgan fingerprint density at radius 3 is 2.20 bits per heavy atom. The summed E-state index contributed by atoms with van der Waals surface area (Å²) in [6, 6.07) is 30.8. The highest BCUT2D eigenvalue weighted by Gasteiger charge is 2.04. The van der Waals surface area contributed by atoms with E-state index in [1.807, 2.05) is 61.1 Å². The Labute approximate surface area is 177 Å². The zero-order chi connectivity index (χ0) is 20.4. The molecule has 2 aromatic heterocycles. The van der Waals surface area contributed by atoms with E-state index < -0.39 is 0 Å². The van der Waals surface area contributed by atoms with E-state index in [1.54, 1.807) is 0 Å². The van der Waals surface area contributed by atoms with Crippen molar-refractivity contribution in [2.45, 2.75) is 12.8 Å². The molecule has 5 aromatic rings. The van der Waals surface area contributed by atoms with Gasteiger partial charge in [-0.15, -0.1) is 0 Å². The molecule has 3 heteroatoms. The molecule has 0 bridgehead atoms. The second-order valence-corrected chi connectivity index (χ2v) is 7.11. The van der Waals surface area contributed by atoms with Crippen molar-refractivity contribution in [1.82, 2.24) is 9.97 Å². The summed E-state index contributed by atoms with van der Waals surface area (Å²) in [6.45, 7) is 1.14. The predicted molar refractivity (Wildman–Crippen MR) is 127 cm³/mol. The molecule has 0 radical (unpaired) electrons. The first kappa shape index (κ1) is 19.6. The highest BCUT2D eigenvalue weighted by atomic mass is 14.9. The van der Waals surface area contributed by atoms with Gasteiger partial charge in [-0.3, -0.25) is 9.97 Å². The van der Waals surface area contributed by atoms with Gasteiger partial charge in [0, 0.05) is 36.2 Å². The number of fused-ring (bicyclic) bond motifs is 3. The monoisotopic (exact) mass is 391 g/mol. The van der Waals surface area contributed by atoms with E-state index in [-0.39, 0.29) is 0 Å². The topological polar surface area (TPSA) is 37.8 Å². The lowest BCUT2D eigenvalue weighted by Gasteiger charge is -2.16. The molecule has 1 aliphatic rings. The van der Waals surface area contributed by atoms with E-state index in [4.69, 9.17) is 0 Å². The van der Waals surface area contributed by atoms with Crippen LogP contribution in [0.1, 0.15) is 12.0 Å². The van der Waals surface area contributed by atoms with Gasteiger partial charge in [-0.2, -0.15) is 0 Å². The summed E-state index contributed by atoms with van der Waals surface area (Å²) in [5.74, 6) is 0. The largest absolute Gasteiger partial charge is 0.385 e. The summed E-state index contributed by atoms with van der Waals surface area (Å²) < 4.78 is 0. The molecular formula is C27H25N3. The standard InChI is InChI=1S/C9H11N.2C9H7N/c2*1-2-6-9-8(4-1)5-3-7-10-9;1-2-4-9-7-10-6-5-8(9)3-1/h1-2,4,6,10H,3,5,7H2;2*1-7H. The number of aryl methyl sites for hydroxylation is 1. The smallest absolute Gasteiger partial charge is 0.0701 e. The Morgan fingerprint density at radius 1 is 0.633 bits per heavy atom. The maximum absolute atomic E-state index is 4.18. The number of nitrogens with zero attached hydrogens (tertiary/aromatic N) is 2. The fourth-order valence-electron chi connectivity index (χ4n) is 3.46. The molecule has 30 heavy (non-hydrogen) atoms. The van der Waals surface area contributed by atoms with Crippen molar-refractivity contribution in [2.24, 2.45) is 0 Å². The molecule has 0 saturated carbocycles. The second-order valence-electron chi connectivity index (χ2n) is 7.11. The minimum Gasteiger partial charge on any atom is -0.385 e. The van der Waals surface area contributed by atoms with Crippen LogP contribution in [-0.2, 0) is 6.42 Å². The summed E-state index contributed by atoms with van der Waals surface area (Å²) >= 11 is 0. The van der Waals surface area contributed by atoms with Crippen molar-refractivity contribution in [1.29, 1.82) is 0 Å². The van der Waals surface area contributed by atoms with Crippen molar-refractivity contribution in [3.8, 4) is 0 Å². The van der Waals surface area contributed by atoms with E-state index in [1.165, 1.54) is 40.3 Å². The highest BCUT2D eigenvalue weighted by molar-refractivity contribution is 5.81. The van der Waals surface area contributed by atoms with Crippen molar-refractivity contribution in [2.75, 3.05) is 11.9 Å². The van der Waals surface area contributed by atoms with Gasteiger partial charge in [0.1, 0.15) is 0 Å². The van der Waals surface area contributed by atoms with Crippen molar-refractivity contribution in [3.63, 3.8) is 0 Å². The van der Waals surface area contributed by atoms with Crippen LogP contribution in [0.2, 0.25) is 0 Å². The molecule has 0 saturated heterocycles. The maximum atomic E-state index is 4.18. The lowest BCUT2D eigenvalue weighted by atomic mass is 10.0. The average molecular weight is 392 g/mol. The van der Waals surface area contributed by atoms with Gasteiger partial charge in [-0.05, 0) is 53.4 Å². The fraction of sp³-hybridized carbons (Fsp3) is 0.111. The summed E-state index contributed by atoms with van der Waals surface area (Å²) in [6.07, 6.45) is 8.00. The van der Waals surface area contributed by atoms with Crippen molar-refractivity contribution in [3.05, 3.63) is 115 Å². The second kappa shape index (κ2) is 10.2. The fourth-order valence-corrected chi connectivity index (χ4v) is 3.46. The third-order valence-electron chi connectivity index (χ3n) is 5.02. The van der Waals surface area contributed by atoms with E-state index in [9.17, 15) is 0 Å². The van der Waals surface area contributed by atoms with Gasteiger partial charge in [-0.1, -0.05) is 66.7 Å². The first-order chi connectivity index (χ1) is 14.9. The van der Waals surface area contributed by atoms with Crippen LogP contribution in [0.4, 0.5) is 5.69 Å². The van der Waals surface area contributed by atoms with Crippen LogP contribution in [0, 0.1) is 0 Å². The first-order valence-corrected chi connectivity index (χ1v) is 10.3. The quantitative estimate of drug-likeness (QED) is 0.327. The number of rotatable bonds is 0. The Morgan fingerprint density at radius 2 is 1.37 bits per heavy atom. The molecule has 0 aliphatic carbocycles. The molecule has 0 amide bonds.